The van der Waals surface area contributed by atoms with E-state index in [9.17, 15) is 0 Å². The lowest BCUT2D eigenvalue weighted by molar-refractivity contribution is 0.260. The summed E-state index contributed by atoms with van der Waals surface area (Å²) in [4.78, 5) is 13.1. The average Bonchev–Trinajstić information content (AvgIpc) is 2.48. The Bertz CT molecular complexity index is 633. The van der Waals surface area contributed by atoms with Crippen LogP contribution in [0.15, 0.2) is 30.7 Å². The second-order valence-electron chi connectivity index (χ2n) is 5.64. The average molecular weight is 304 g/mol. The predicted molar refractivity (Wildman–Crippen MR) is 82.6 cm³/mol. The maximum Gasteiger partial charge on any atom is 0.148 e. The van der Waals surface area contributed by atoms with Crippen molar-refractivity contribution in [3.05, 3.63) is 41.6 Å². The smallest absolute Gasteiger partial charge is 0.148 e. The van der Waals surface area contributed by atoms with E-state index in [0.717, 1.165) is 24.8 Å². The summed E-state index contributed by atoms with van der Waals surface area (Å²) in [5.41, 5.74) is 13.5. The summed E-state index contributed by atoms with van der Waals surface area (Å²) < 4.78 is 0. The van der Waals surface area contributed by atoms with Gasteiger partial charge in [0.2, 0.25) is 0 Å². The molecule has 2 aromatic rings. The Hall–Kier alpha value is -1.56. The number of halogens is 1. The number of aromatic nitrogens is 3. The number of nitrogens with two attached hydrogens (primary N) is 2. The van der Waals surface area contributed by atoms with E-state index in [1.54, 1.807) is 18.6 Å². The van der Waals surface area contributed by atoms with E-state index >= 15 is 0 Å². The summed E-state index contributed by atoms with van der Waals surface area (Å²) in [7, 11) is 0. The van der Waals surface area contributed by atoms with Gasteiger partial charge in [0.1, 0.15) is 5.82 Å². The van der Waals surface area contributed by atoms with E-state index in [2.05, 4.69) is 15.0 Å². The molecule has 0 amide bonds. The fourth-order valence-corrected chi connectivity index (χ4v) is 3.07. The maximum atomic E-state index is 6.50. The number of pyridine rings is 1. The Labute approximate surface area is 128 Å². The van der Waals surface area contributed by atoms with Gasteiger partial charge in [0.15, 0.2) is 0 Å². The SMILES string of the molecule is NC1CCCC(N)(c2ncc(Cl)c(-c3cccnc3)n2)C1. The molecule has 4 N–H and O–H groups in total. The Morgan fingerprint density at radius 2 is 2.19 bits per heavy atom. The Kier molecular flexibility index (Phi) is 3.89. The Morgan fingerprint density at radius 3 is 2.90 bits per heavy atom. The molecule has 0 radical (unpaired) electrons. The second kappa shape index (κ2) is 5.67. The normalized spacial score (nSPS) is 25.8. The van der Waals surface area contributed by atoms with Crippen LogP contribution in [0.2, 0.25) is 5.02 Å². The Balaban J connectivity index is 2.01. The molecule has 2 unspecified atom stereocenters. The summed E-state index contributed by atoms with van der Waals surface area (Å²) >= 11 is 6.23. The first kappa shape index (κ1) is 14.4. The molecular formula is C15H18ClN5. The topological polar surface area (TPSA) is 90.7 Å². The molecule has 0 spiro atoms. The molecule has 21 heavy (non-hydrogen) atoms. The molecular weight excluding hydrogens is 286 g/mol. The third kappa shape index (κ3) is 2.90. The van der Waals surface area contributed by atoms with Crippen LogP contribution in [0.3, 0.4) is 0 Å². The van der Waals surface area contributed by atoms with Crippen molar-refractivity contribution in [2.24, 2.45) is 11.5 Å². The van der Waals surface area contributed by atoms with Crippen LogP contribution in [0.1, 0.15) is 31.5 Å². The van der Waals surface area contributed by atoms with Crippen molar-refractivity contribution in [3.63, 3.8) is 0 Å². The van der Waals surface area contributed by atoms with E-state index < -0.39 is 5.54 Å². The van der Waals surface area contributed by atoms with Gasteiger partial charge in [-0.3, -0.25) is 4.98 Å². The van der Waals surface area contributed by atoms with Crippen molar-refractivity contribution in [1.29, 1.82) is 0 Å². The van der Waals surface area contributed by atoms with Gasteiger partial charge in [0.05, 0.1) is 16.3 Å². The highest BCUT2D eigenvalue weighted by molar-refractivity contribution is 6.32. The van der Waals surface area contributed by atoms with Gasteiger partial charge in [-0.15, -0.1) is 0 Å². The lowest BCUT2D eigenvalue weighted by Gasteiger charge is -2.35. The van der Waals surface area contributed by atoms with E-state index in [0.29, 0.717) is 23.0 Å². The molecule has 0 aromatic carbocycles. The third-order valence-corrected chi connectivity index (χ3v) is 4.23. The van der Waals surface area contributed by atoms with Gasteiger partial charge in [-0.2, -0.15) is 0 Å². The van der Waals surface area contributed by atoms with Gasteiger partial charge in [0.25, 0.3) is 0 Å². The molecule has 2 heterocycles. The zero-order chi connectivity index (χ0) is 14.9. The lowest BCUT2D eigenvalue weighted by Crippen LogP contribution is -2.47. The zero-order valence-electron chi connectivity index (χ0n) is 11.7. The molecule has 1 saturated carbocycles. The van der Waals surface area contributed by atoms with Gasteiger partial charge in [-0.1, -0.05) is 11.6 Å². The van der Waals surface area contributed by atoms with Crippen LogP contribution >= 0.6 is 11.6 Å². The van der Waals surface area contributed by atoms with Crippen LogP contribution in [0, 0.1) is 0 Å². The van der Waals surface area contributed by atoms with Gasteiger partial charge < -0.3 is 11.5 Å². The summed E-state index contributed by atoms with van der Waals surface area (Å²) in [6.45, 7) is 0. The summed E-state index contributed by atoms with van der Waals surface area (Å²) in [6.07, 6.45) is 8.59. The van der Waals surface area contributed by atoms with Crippen molar-refractivity contribution >= 4 is 11.6 Å². The van der Waals surface area contributed by atoms with Crippen molar-refractivity contribution in [2.75, 3.05) is 0 Å². The summed E-state index contributed by atoms with van der Waals surface area (Å²) in [5.74, 6) is 0.612. The fraction of sp³-hybridized carbons (Fsp3) is 0.400. The highest BCUT2D eigenvalue weighted by atomic mass is 35.5. The van der Waals surface area contributed by atoms with Crippen LogP contribution in [0.25, 0.3) is 11.3 Å². The summed E-state index contributed by atoms with van der Waals surface area (Å²) in [6, 6.07) is 3.87. The van der Waals surface area contributed by atoms with E-state index in [1.165, 1.54) is 0 Å². The quantitative estimate of drug-likeness (QED) is 0.888. The van der Waals surface area contributed by atoms with E-state index in [-0.39, 0.29) is 6.04 Å². The molecule has 110 valence electrons. The van der Waals surface area contributed by atoms with E-state index in [4.69, 9.17) is 23.1 Å². The number of rotatable bonds is 2. The first-order valence-electron chi connectivity index (χ1n) is 7.06. The Morgan fingerprint density at radius 1 is 1.33 bits per heavy atom. The van der Waals surface area contributed by atoms with Gasteiger partial charge in [0, 0.05) is 30.2 Å². The van der Waals surface area contributed by atoms with Crippen LogP contribution < -0.4 is 11.5 Å². The molecule has 5 nitrogen and oxygen atoms in total. The maximum absolute atomic E-state index is 6.50. The molecule has 1 aliphatic rings. The minimum absolute atomic E-state index is 0.102. The molecule has 3 rings (SSSR count). The predicted octanol–water partition coefficient (Wildman–Crippen LogP) is 2.25. The largest absolute Gasteiger partial charge is 0.328 e. The molecule has 0 saturated heterocycles. The minimum Gasteiger partial charge on any atom is -0.328 e. The van der Waals surface area contributed by atoms with E-state index in [1.807, 2.05) is 12.1 Å². The molecule has 2 atom stereocenters. The minimum atomic E-state index is -0.570. The molecule has 2 aromatic heterocycles. The van der Waals surface area contributed by atoms with Gasteiger partial charge in [-0.05, 0) is 37.8 Å². The van der Waals surface area contributed by atoms with Crippen LogP contribution in [-0.2, 0) is 5.54 Å². The lowest BCUT2D eigenvalue weighted by atomic mass is 9.79. The molecule has 1 aliphatic carbocycles. The highest BCUT2D eigenvalue weighted by Gasteiger charge is 2.36. The zero-order valence-corrected chi connectivity index (χ0v) is 12.4. The highest BCUT2D eigenvalue weighted by Crippen LogP contribution is 2.34. The van der Waals surface area contributed by atoms with Crippen molar-refractivity contribution in [3.8, 4) is 11.3 Å². The van der Waals surface area contributed by atoms with Gasteiger partial charge >= 0.3 is 0 Å². The van der Waals surface area contributed by atoms with Crippen LogP contribution in [0.4, 0.5) is 0 Å². The van der Waals surface area contributed by atoms with Crippen LogP contribution in [-0.4, -0.2) is 21.0 Å². The molecule has 0 aliphatic heterocycles. The van der Waals surface area contributed by atoms with Crippen molar-refractivity contribution < 1.29 is 0 Å². The standard InChI is InChI=1S/C15H18ClN5/c16-12-9-20-14(15(18)5-1-4-11(17)7-15)21-13(12)10-3-2-6-19-8-10/h2-3,6,8-9,11H,1,4-5,7,17-18H2. The first-order valence-corrected chi connectivity index (χ1v) is 7.44. The monoisotopic (exact) mass is 303 g/mol. The molecule has 1 fully saturated rings. The number of hydrogen-bond donors (Lipinski definition) is 2. The summed E-state index contributed by atoms with van der Waals surface area (Å²) in [5, 5.41) is 0.496. The van der Waals surface area contributed by atoms with Crippen LogP contribution in [0.5, 0.6) is 0 Å². The third-order valence-electron chi connectivity index (χ3n) is 3.95. The first-order chi connectivity index (χ1) is 10.1. The molecule has 0 bridgehead atoms. The second-order valence-corrected chi connectivity index (χ2v) is 6.05. The van der Waals surface area contributed by atoms with Crippen molar-refractivity contribution in [1.82, 2.24) is 15.0 Å². The number of hydrogen-bond acceptors (Lipinski definition) is 5. The molecule has 6 heteroatoms. The van der Waals surface area contributed by atoms with Gasteiger partial charge in [-0.25, -0.2) is 9.97 Å². The number of nitrogens with zero attached hydrogens (tertiary/aromatic N) is 3. The fourth-order valence-electron chi connectivity index (χ4n) is 2.87. The van der Waals surface area contributed by atoms with Crippen molar-refractivity contribution in [2.45, 2.75) is 37.3 Å².